The van der Waals surface area contributed by atoms with Crippen LogP contribution in [0.4, 0.5) is 0 Å². The lowest BCUT2D eigenvalue weighted by Crippen LogP contribution is -2.54. The van der Waals surface area contributed by atoms with Crippen LogP contribution < -0.4 is 0 Å². The quantitative estimate of drug-likeness (QED) is 0.786. The van der Waals surface area contributed by atoms with Crippen LogP contribution in [-0.4, -0.2) is 58.3 Å². The second kappa shape index (κ2) is 7.82. The summed E-state index contributed by atoms with van der Waals surface area (Å²) < 4.78 is 0. The molecular weight excluding hydrogens is 376 g/mol. The normalized spacial score (nSPS) is 18.1. The van der Waals surface area contributed by atoms with Crippen LogP contribution in [0.15, 0.2) is 30.5 Å². The van der Waals surface area contributed by atoms with E-state index in [0.29, 0.717) is 31.6 Å². The smallest absolute Gasteiger partial charge is 0.257 e. The summed E-state index contributed by atoms with van der Waals surface area (Å²) >= 11 is 0. The van der Waals surface area contributed by atoms with Gasteiger partial charge in [-0.3, -0.25) is 9.59 Å². The minimum Gasteiger partial charge on any atom is -0.342 e. The Kier molecular flexibility index (Phi) is 5.35. The van der Waals surface area contributed by atoms with Crippen molar-refractivity contribution in [1.29, 1.82) is 0 Å². The van der Waals surface area contributed by atoms with Gasteiger partial charge >= 0.3 is 0 Å². The summed E-state index contributed by atoms with van der Waals surface area (Å²) in [6.45, 7) is 8.20. The summed E-state index contributed by atoms with van der Waals surface area (Å²) in [5.74, 6) is 1.15. The van der Waals surface area contributed by atoms with E-state index in [2.05, 4.69) is 18.8 Å². The van der Waals surface area contributed by atoms with Gasteiger partial charge in [-0.15, -0.1) is 0 Å². The number of piperidine rings is 1. The minimum atomic E-state index is -0.204. The highest BCUT2D eigenvalue weighted by Gasteiger charge is 2.46. The molecule has 3 heterocycles. The molecule has 1 spiro atoms. The molecule has 6 heteroatoms. The molecule has 4 rings (SSSR count). The molecule has 0 unspecified atom stereocenters. The summed E-state index contributed by atoms with van der Waals surface area (Å²) in [6, 6.07) is 8.06. The predicted molar refractivity (Wildman–Crippen MR) is 115 cm³/mol. The lowest BCUT2D eigenvalue weighted by Gasteiger charge is -2.46. The van der Waals surface area contributed by atoms with E-state index in [1.807, 2.05) is 43.1 Å². The van der Waals surface area contributed by atoms with Gasteiger partial charge in [-0.1, -0.05) is 38.1 Å². The molecule has 1 saturated heterocycles. The number of rotatable bonds is 3. The molecule has 6 nitrogen and oxygen atoms in total. The predicted octanol–water partition coefficient (Wildman–Crippen LogP) is 3.10. The Bertz CT molecular complexity index is 977. The summed E-state index contributed by atoms with van der Waals surface area (Å²) in [5.41, 5.74) is 3.54. The number of hydrogen-bond acceptors (Lipinski definition) is 4. The lowest BCUT2D eigenvalue weighted by molar-refractivity contribution is -0.132. The van der Waals surface area contributed by atoms with Crippen LogP contribution in [0.2, 0.25) is 0 Å². The van der Waals surface area contributed by atoms with Crippen molar-refractivity contribution >= 4 is 11.8 Å². The standard InChI is InChI=1S/C24H30N4O2/c1-16(2)22-25-14-19-21(26-22)24(15-27(4)23(19)30)9-11-28(12-10-24)20(29)13-18-8-6-5-7-17(18)3/h5-8,14,16H,9-13,15H2,1-4H3. The Hall–Kier alpha value is -2.76. The fraction of sp³-hybridized carbons (Fsp3) is 0.500. The maximum absolute atomic E-state index is 12.9. The minimum absolute atomic E-state index is 0.0102. The number of fused-ring (bicyclic) bond motifs is 2. The molecule has 0 saturated carbocycles. The molecule has 0 bridgehead atoms. The van der Waals surface area contributed by atoms with Crippen LogP contribution in [0.5, 0.6) is 0 Å². The number of likely N-dealkylation sites (tertiary alicyclic amines) is 1. The molecule has 1 aromatic heterocycles. The van der Waals surface area contributed by atoms with Crippen molar-refractivity contribution in [1.82, 2.24) is 19.8 Å². The van der Waals surface area contributed by atoms with Gasteiger partial charge < -0.3 is 9.80 Å². The molecule has 0 aliphatic carbocycles. The van der Waals surface area contributed by atoms with Crippen molar-refractivity contribution < 1.29 is 9.59 Å². The Morgan fingerprint density at radius 3 is 2.57 bits per heavy atom. The van der Waals surface area contributed by atoms with Crippen molar-refractivity contribution in [2.24, 2.45) is 0 Å². The molecule has 2 amide bonds. The van der Waals surface area contributed by atoms with E-state index in [1.54, 1.807) is 11.1 Å². The van der Waals surface area contributed by atoms with Gasteiger partial charge in [-0.25, -0.2) is 9.97 Å². The van der Waals surface area contributed by atoms with E-state index < -0.39 is 0 Å². The number of aromatic nitrogens is 2. The number of carbonyl (C=O) groups is 2. The van der Waals surface area contributed by atoms with Crippen molar-refractivity contribution in [2.75, 3.05) is 26.7 Å². The fourth-order valence-electron chi connectivity index (χ4n) is 4.70. The summed E-state index contributed by atoms with van der Waals surface area (Å²) in [6.07, 6.45) is 3.76. The van der Waals surface area contributed by atoms with E-state index >= 15 is 0 Å². The number of benzene rings is 1. The largest absolute Gasteiger partial charge is 0.342 e. The lowest BCUT2D eigenvalue weighted by atomic mass is 9.71. The Labute approximate surface area is 178 Å². The van der Waals surface area contributed by atoms with Crippen LogP contribution in [0.1, 0.15) is 65.6 Å². The molecule has 30 heavy (non-hydrogen) atoms. The van der Waals surface area contributed by atoms with Crippen LogP contribution in [0.3, 0.4) is 0 Å². The number of aryl methyl sites for hydroxylation is 1. The molecule has 2 aliphatic rings. The average molecular weight is 407 g/mol. The summed E-state index contributed by atoms with van der Waals surface area (Å²) in [5, 5.41) is 0. The van der Waals surface area contributed by atoms with Crippen molar-refractivity contribution in [3.05, 3.63) is 58.7 Å². The zero-order chi connectivity index (χ0) is 21.5. The van der Waals surface area contributed by atoms with Gasteiger partial charge in [0.15, 0.2) is 0 Å². The van der Waals surface area contributed by atoms with Crippen molar-refractivity contribution in [3.8, 4) is 0 Å². The Morgan fingerprint density at radius 1 is 1.20 bits per heavy atom. The van der Waals surface area contributed by atoms with Gasteiger partial charge in [0.2, 0.25) is 5.91 Å². The highest BCUT2D eigenvalue weighted by Crippen LogP contribution is 2.40. The first-order valence-electron chi connectivity index (χ1n) is 10.8. The molecule has 0 N–H and O–H groups in total. The maximum atomic E-state index is 12.9. The topological polar surface area (TPSA) is 66.4 Å². The molecule has 1 aromatic carbocycles. The summed E-state index contributed by atoms with van der Waals surface area (Å²) in [4.78, 5) is 38.7. The number of nitrogens with zero attached hydrogens (tertiary/aromatic N) is 4. The van der Waals surface area contributed by atoms with E-state index in [4.69, 9.17) is 4.98 Å². The van der Waals surface area contributed by atoms with Gasteiger partial charge in [0.05, 0.1) is 17.7 Å². The van der Waals surface area contributed by atoms with Crippen molar-refractivity contribution in [2.45, 2.75) is 51.4 Å². The first-order chi connectivity index (χ1) is 14.3. The van der Waals surface area contributed by atoms with Crippen LogP contribution in [-0.2, 0) is 16.6 Å². The van der Waals surface area contributed by atoms with Crippen LogP contribution in [0, 0.1) is 6.92 Å². The molecule has 2 aromatic rings. The third-order valence-corrected chi connectivity index (χ3v) is 6.62. The van der Waals surface area contributed by atoms with Gasteiger partial charge in [0.1, 0.15) is 5.82 Å². The third kappa shape index (κ3) is 3.59. The SMILES string of the molecule is Cc1ccccc1CC(=O)N1CCC2(CC1)CN(C)C(=O)c1cnc(C(C)C)nc12. The van der Waals surface area contributed by atoms with E-state index in [1.165, 1.54) is 0 Å². The number of carbonyl (C=O) groups excluding carboxylic acids is 2. The Morgan fingerprint density at radius 2 is 1.90 bits per heavy atom. The van der Waals surface area contributed by atoms with Gasteiger partial charge in [-0.05, 0) is 30.9 Å². The van der Waals surface area contributed by atoms with Crippen molar-refractivity contribution in [3.63, 3.8) is 0 Å². The first kappa shape index (κ1) is 20.5. The maximum Gasteiger partial charge on any atom is 0.257 e. The molecule has 0 radical (unpaired) electrons. The van der Waals surface area contributed by atoms with Crippen LogP contribution in [0.25, 0.3) is 0 Å². The fourth-order valence-corrected chi connectivity index (χ4v) is 4.70. The average Bonchev–Trinajstić information content (AvgIpc) is 2.74. The zero-order valence-corrected chi connectivity index (χ0v) is 18.3. The van der Waals surface area contributed by atoms with Crippen LogP contribution >= 0.6 is 0 Å². The molecule has 0 atom stereocenters. The third-order valence-electron chi connectivity index (χ3n) is 6.62. The zero-order valence-electron chi connectivity index (χ0n) is 18.3. The first-order valence-corrected chi connectivity index (χ1v) is 10.8. The van der Waals surface area contributed by atoms with E-state index in [9.17, 15) is 9.59 Å². The van der Waals surface area contributed by atoms with E-state index in [-0.39, 0.29) is 23.1 Å². The van der Waals surface area contributed by atoms with Gasteiger partial charge in [-0.2, -0.15) is 0 Å². The monoisotopic (exact) mass is 406 g/mol. The van der Waals surface area contributed by atoms with Gasteiger partial charge in [0.25, 0.3) is 5.91 Å². The molecule has 158 valence electrons. The molecular formula is C24H30N4O2. The molecule has 2 aliphatic heterocycles. The number of amides is 2. The second-order valence-electron chi connectivity index (χ2n) is 9.07. The van der Waals surface area contributed by atoms with Gasteiger partial charge in [0, 0.05) is 44.2 Å². The molecule has 1 fully saturated rings. The second-order valence-corrected chi connectivity index (χ2v) is 9.07. The Balaban J connectivity index is 1.55. The highest BCUT2D eigenvalue weighted by molar-refractivity contribution is 5.96. The van der Waals surface area contributed by atoms with E-state index in [0.717, 1.165) is 35.5 Å². The number of hydrogen-bond donors (Lipinski definition) is 0. The number of likely N-dealkylation sites (N-methyl/N-ethyl adjacent to an activating group) is 1. The highest BCUT2D eigenvalue weighted by atomic mass is 16.2. The summed E-state index contributed by atoms with van der Waals surface area (Å²) in [7, 11) is 1.85.